The van der Waals surface area contributed by atoms with Crippen LogP contribution in [0, 0.1) is 0 Å². The lowest BCUT2D eigenvalue weighted by Gasteiger charge is -2.17. The fourth-order valence-electron chi connectivity index (χ4n) is 2.55. The molecule has 0 saturated carbocycles. The lowest BCUT2D eigenvalue weighted by Crippen LogP contribution is -2.19. The largest absolute Gasteiger partial charge is 0.511 e. The van der Waals surface area contributed by atoms with E-state index in [9.17, 15) is 9.90 Å². The molecule has 1 aromatic rings. The van der Waals surface area contributed by atoms with Crippen molar-refractivity contribution in [2.24, 2.45) is 4.99 Å². The summed E-state index contributed by atoms with van der Waals surface area (Å²) < 4.78 is 5.14. The highest BCUT2D eigenvalue weighted by Crippen LogP contribution is 2.26. The lowest BCUT2D eigenvalue weighted by molar-refractivity contribution is -0.115. The second-order valence-corrected chi connectivity index (χ2v) is 5.46. The third kappa shape index (κ3) is 3.97. The topological polar surface area (TPSA) is 58.9 Å². The van der Waals surface area contributed by atoms with E-state index in [2.05, 4.69) is 11.9 Å². The van der Waals surface area contributed by atoms with E-state index in [-0.39, 0.29) is 11.5 Å². The number of carbonyl (C=O) groups is 1. The van der Waals surface area contributed by atoms with Crippen LogP contribution in [0.4, 0.5) is 5.69 Å². The predicted molar refractivity (Wildman–Crippen MR) is 88.1 cm³/mol. The number of aliphatic imine (C=N–C) groups is 1. The van der Waals surface area contributed by atoms with Gasteiger partial charge in [-0.15, -0.1) is 0 Å². The highest BCUT2D eigenvalue weighted by atomic mass is 16.5. The van der Waals surface area contributed by atoms with Gasteiger partial charge in [-0.25, -0.2) is 0 Å². The van der Waals surface area contributed by atoms with Crippen molar-refractivity contribution in [1.82, 2.24) is 0 Å². The molecular formula is C18H23NO3. The molecule has 1 aromatic carbocycles. The molecule has 22 heavy (non-hydrogen) atoms. The monoisotopic (exact) mass is 301 g/mol. The van der Waals surface area contributed by atoms with Crippen LogP contribution >= 0.6 is 0 Å². The van der Waals surface area contributed by atoms with Crippen molar-refractivity contribution in [3.63, 3.8) is 0 Å². The molecule has 0 unspecified atom stereocenters. The summed E-state index contributed by atoms with van der Waals surface area (Å²) in [6.45, 7) is 2.10. The number of aliphatic hydroxyl groups is 1. The van der Waals surface area contributed by atoms with Gasteiger partial charge in [-0.3, -0.25) is 9.79 Å². The SMILES string of the molecule is CCCCC(=Nc1ccc(OC)cc1)C1=C(O)CCCC1=O. The first-order valence-corrected chi connectivity index (χ1v) is 7.83. The average molecular weight is 301 g/mol. The van der Waals surface area contributed by atoms with Gasteiger partial charge in [0.2, 0.25) is 0 Å². The quantitative estimate of drug-likeness (QED) is 0.786. The molecule has 0 aliphatic heterocycles. The number of aliphatic hydroxyl groups excluding tert-OH is 1. The summed E-state index contributed by atoms with van der Waals surface area (Å²) in [6.07, 6.45) is 4.44. The zero-order valence-corrected chi connectivity index (χ0v) is 13.3. The number of Topliss-reactive ketones (excluding diaryl/α,β-unsaturated/α-hetero) is 1. The van der Waals surface area contributed by atoms with Crippen molar-refractivity contribution in [3.8, 4) is 5.75 Å². The predicted octanol–water partition coefficient (Wildman–Crippen LogP) is 4.52. The van der Waals surface area contributed by atoms with Gasteiger partial charge in [-0.05, 0) is 43.5 Å². The number of methoxy groups -OCH3 is 1. The molecule has 1 aliphatic carbocycles. The summed E-state index contributed by atoms with van der Waals surface area (Å²) in [5, 5.41) is 10.1. The van der Waals surface area contributed by atoms with Crippen molar-refractivity contribution < 1.29 is 14.6 Å². The van der Waals surface area contributed by atoms with Crippen LogP contribution in [-0.4, -0.2) is 23.7 Å². The summed E-state index contributed by atoms with van der Waals surface area (Å²) in [5.41, 5.74) is 1.91. The number of rotatable bonds is 6. The van der Waals surface area contributed by atoms with Gasteiger partial charge >= 0.3 is 0 Å². The number of hydrogen-bond acceptors (Lipinski definition) is 4. The van der Waals surface area contributed by atoms with Crippen LogP contribution < -0.4 is 4.74 Å². The van der Waals surface area contributed by atoms with E-state index in [1.165, 1.54) is 0 Å². The number of unbranched alkanes of at least 4 members (excludes halogenated alkanes) is 1. The zero-order chi connectivity index (χ0) is 15.9. The molecule has 0 atom stereocenters. The van der Waals surface area contributed by atoms with E-state index in [0.29, 0.717) is 30.5 Å². The number of nitrogens with zero attached hydrogens (tertiary/aromatic N) is 1. The van der Waals surface area contributed by atoms with Crippen LogP contribution in [-0.2, 0) is 4.79 Å². The van der Waals surface area contributed by atoms with Gasteiger partial charge in [0.1, 0.15) is 11.5 Å². The van der Waals surface area contributed by atoms with Crippen LogP contribution in [0.15, 0.2) is 40.6 Å². The minimum Gasteiger partial charge on any atom is -0.511 e. The second kappa shape index (κ2) is 7.78. The molecule has 2 rings (SSSR count). The number of allylic oxidation sites excluding steroid dienone is 2. The Labute approximate surface area is 131 Å². The first kappa shape index (κ1) is 16.3. The molecule has 1 N–H and O–H groups in total. The van der Waals surface area contributed by atoms with Gasteiger partial charge < -0.3 is 9.84 Å². The molecule has 0 spiro atoms. The summed E-state index contributed by atoms with van der Waals surface area (Å²) in [5.74, 6) is 0.969. The van der Waals surface area contributed by atoms with E-state index in [1.807, 2.05) is 24.3 Å². The number of ether oxygens (including phenoxy) is 1. The summed E-state index contributed by atoms with van der Waals surface area (Å²) in [7, 11) is 1.62. The smallest absolute Gasteiger partial charge is 0.168 e. The van der Waals surface area contributed by atoms with E-state index >= 15 is 0 Å². The fourth-order valence-corrected chi connectivity index (χ4v) is 2.55. The average Bonchev–Trinajstić information content (AvgIpc) is 2.53. The van der Waals surface area contributed by atoms with Crippen molar-refractivity contribution in [2.75, 3.05) is 7.11 Å². The van der Waals surface area contributed by atoms with Gasteiger partial charge in [0, 0.05) is 12.8 Å². The molecular weight excluding hydrogens is 278 g/mol. The Morgan fingerprint density at radius 1 is 1.27 bits per heavy atom. The van der Waals surface area contributed by atoms with Crippen LogP contribution in [0.3, 0.4) is 0 Å². The van der Waals surface area contributed by atoms with Gasteiger partial charge in [0.15, 0.2) is 5.78 Å². The summed E-state index contributed by atoms with van der Waals surface area (Å²) in [4.78, 5) is 16.8. The Balaban J connectivity index is 2.35. The fraction of sp³-hybridized carbons (Fsp3) is 0.444. The van der Waals surface area contributed by atoms with Gasteiger partial charge in [-0.2, -0.15) is 0 Å². The van der Waals surface area contributed by atoms with E-state index < -0.39 is 0 Å². The van der Waals surface area contributed by atoms with Crippen molar-refractivity contribution >= 4 is 17.2 Å². The van der Waals surface area contributed by atoms with Crippen LogP contribution in [0.25, 0.3) is 0 Å². The maximum atomic E-state index is 12.2. The second-order valence-electron chi connectivity index (χ2n) is 5.46. The van der Waals surface area contributed by atoms with Gasteiger partial charge in [0.25, 0.3) is 0 Å². The number of hydrogen-bond donors (Lipinski definition) is 1. The normalized spacial score (nSPS) is 16.1. The molecule has 1 aliphatic rings. The van der Waals surface area contributed by atoms with Crippen molar-refractivity contribution in [2.45, 2.75) is 45.4 Å². The standard InChI is InChI=1S/C18H23NO3/c1-3-4-6-15(18-16(20)7-5-8-17(18)21)19-13-9-11-14(22-2)12-10-13/h9-12,20H,3-8H2,1-2H3. The Kier molecular flexibility index (Phi) is 5.75. The molecule has 4 heteroatoms. The highest BCUT2D eigenvalue weighted by Gasteiger charge is 2.24. The van der Waals surface area contributed by atoms with Crippen LogP contribution in [0.5, 0.6) is 5.75 Å². The highest BCUT2D eigenvalue weighted by molar-refractivity contribution is 6.23. The van der Waals surface area contributed by atoms with Crippen LogP contribution in [0.1, 0.15) is 45.4 Å². The molecule has 4 nitrogen and oxygen atoms in total. The minimum absolute atomic E-state index is 0.00659. The Morgan fingerprint density at radius 2 is 2.00 bits per heavy atom. The molecule has 0 bridgehead atoms. The maximum Gasteiger partial charge on any atom is 0.168 e. The van der Waals surface area contributed by atoms with E-state index in [1.54, 1.807) is 7.11 Å². The zero-order valence-electron chi connectivity index (χ0n) is 13.3. The first-order chi connectivity index (χ1) is 10.7. The number of carbonyl (C=O) groups excluding carboxylic acids is 1. The maximum absolute atomic E-state index is 12.2. The summed E-state index contributed by atoms with van der Waals surface area (Å²) >= 11 is 0. The molecule has 0 radical (unpaired) electrons. The molecule has 0 amide bonds. The number of benzene rings is 1. The molecule has 0 aromatic heterocycles. The Bertz CT molecular complexity index is 585. The first-order valence-electron chi connectivity index (χ1n) is 7.83. The van der Waals surface area contributed by atoms with Crippen molar-refractivity contribution in [3.05, 3.63) is 35.6 Å². The van der Waals surface area contributed by atoms with Crippen LogP contribution in [0.2, 0.25) is 0 Å². The Morgan fingerprint density at radius 3 is 2.59 bits per heavy atom. The van der Waals surface area contributed by atoms with Gasteiger partial charge in [0.05, 0.1) is 24.1 Å². The lowest BCUT2D eigenvalue weighted by atomic mass is 9.90. The van der Waals surface area contributed by atoms with Gasteiger partial charge in [-0.1, -0.05) is 13.3 Å². The molecule has 118 valence electrons. The van der Waals surface area contributed by atoms with Crippen molar-refractivity contribution in [1.29, 1.82) is 0 Å². The summed E-state index contributed by atoms with van der Waals surface area (Å²) in [6, 6.07) is 7.39. The third-order valence-corrected chi connectivity index (χ3v) is 3.78. The minimum atomic E-state index is 0.00659. The third-order valence-electron chi connectivity index (χ3n) is 3.78. The van der Waals surface area contributed by atoms with E-state index in [0.717, 1.165) is 30.7 Å². The molecule has 0 heterocycles. The number of ketones is 1. The van der Waals surface area contributed by atoms with E-state index in [4.69, 9.17) is 4.74 Å². The Hall–Kier alpha value is -2.10. The molecule has 0 fully saturated rings. The molecule has 0 saturated heterocycles.